The van der Waals surface area contributed by atoms with Gasteiger partial charge in [-0.2, -0.15) is 0 Å². The predicted molar refractivity (Wildman–Crippen MR) is 63.5 cm³/mol. The second-order valence-corrected chi connectivity index (χ2v) is 13.6. The van der Waals surface area contributed by atoms with Gasteiger partial charge >= 0.3 is 109 Å². The van der Waals surface area contributed by atoms with Crippen molar-refractivity contribution in [3.63, 3.8) is 0 Å². The van der Waals surface area contributed by atoms with Crippen molar-refractivity contribution >= 4 is 45.2 Å². The molecule has 1 heterocycles. The Morgan fingerprint density at radius 2 is 2.27 bits per heavy atom. The third-order valence-electron chi connectivity index (χ3n) is 1.98. The molecule has 1 fully saturated rings. The molecule has 0 saturated carbocycles. The van der Waals surface area contributed by atoms with Crippen LogP contribution < -0.4 is 21.2 Å². The molecule has 3 atom stereocenters. The topological polar surface area (TPSA) is 0 Å². The van der Waals surface area contributed by atoms with Crippen LogP contribution in [-0.2, 0) is 0 Å². The Labute approximate surface area is 107 Å². The van der Waals surface area contributed by atoms with E-state index in [1.165, 1.54) is 19.3 Å². The Balaban J connectivity index is 2.43. The first-order chi connectivity index (χ1) is 5.06. The molecule has 1 aliphatic rings. The summed E-state index contributed by atoms with van der Waals surface area (Å²) in [6, 6.07) is 0. The molecule has 0 amide bonds. The molecule has 1 saturated heterocycles. The van der Waals surface area contributed by atoms with Gasteiger partial charge in [-0.25, -0.2) is 0 Å². The fourth-order valence-corrected chi connectivity index (χ4v) is 10.4. The first-order valence-electron chi connectivity index (χ1n) is 4.03. The van der Waals surface area contributed by atoms with Crippen LogP contribution in [0.3, 0.4) is 0 Å². The summed E-state index contributed by atoms with van der Waals surface area (Å²) in [6.07, 6.45) is 4.38. The molecule has 0 aliphatic carbocycles. The average Bonchev–Trinajstić information content (AvgIpc) is 2.08. The first-order valence-corrected chi connectivity index (χ1v) is 8.68. The van der Waals surface area contributed by atoms with E-state index in [1.54, 1.807) is 0 Å². The van der Waals surface area contributed by atoms with E-state index in [-0.39, 0.29) is 0 Å². The van der Waals surface area contributed by atoms with E-state index in [0.29, 0.717) is 22.6 Å². The molecule has 2 unspecified atom stereocenters. The molecular formula is C8H14I3-. The van der Waals surface area contributed by atoms with E-state index in [0.717, 1.165) is 7.85 Å². The molecule has 0 aromatic rings. The van der Waals surface area contributed by atoms with Crippen LogP contribution in [0.1, 0.15) is 33.1 Å². The third kappa shape index (κ3) is 3.11. The Morgan fingerprint density at radius 3 is 2.64 bits per heavy atom. The maximum atomic E-state index is 2.69. The van der Waals surface area contributed by atoms with Crippen LogP contribution in [0.15, 0.2) is 0 Å². The van der Waals surface area contributed by atoms with Gasteiger partial charge in [0.2, 0.25) is 0 Å². The van der Waals surface area contributed by atoms with Gasteiger partial charge in [0.15, 0.2) is 0 Å². The van der Waals surface area contributed by atoms with Crippen molar-refractivity contribution in [3.8, 4) is 0 Å². The summed E-state index contributed by atoms with van der Waals surface area (Å²) in [5.74, 6) is 0. The molecule has 11 heavy (non-hydrogen) atoms. The van der Waals surface area contributed by atoms with Crippen LogP contribution in [0.4, 0.5) is 0 Å². The number of alkyl halides is 4. The zero-order valence-corrected chi connectivity index (χ0v) is 13.4. The Bertz CT molecular complexity index is 133. The summed E-state index contributed by atoms with van der Waals surface area (Å²) in [5, 5.41) is 0. The minimum atomic E-state index is 0.462. The van der Waals surface area contributed by atoms with Crippen LogP contribution in [0.25, 0.3) is 0 Å². The molecule has 0 bridgehead atoms. The predicted octanol–water partition coefficient (Wildman–Crippen LogP) is 0.603. The second kappa shape index (κ2) is 4.61. The van der Waals surface area contributed by atoms with Crippen LogP contribution >= 0.6 is 45.2 Å². The van der Waals surface area contributed by atoms with Gasteiger partial charge < -0.3 is 0 Å². The van der Waals surface area contributed by atoms with E-state index >= 15 is 0 Å². The summed E-state index contributed by atoms with van der Waals surface area (Å²) >= 11 is 5.80. The van der Waals surface area contributed by atoms with Gasteiger partial charge in [-0.05, 0) is 0 Å². The molecule has 1 rings (SSSR count). The molecule has 0 spiro atoms. The molecule has 0 aromatic carbocycles. The number of rotatable bonds is 2. The molecule has 68 valence electrons. The summed E-state index contributed by atoms with van der Waals surface area (Å²) in [5.41, 5.74) is 0. The number of hydrogen-bond acceptors (Lipinski definition) is 0. The molecular weight excluding hydrogens is 477 g/mol. The van der Waals surface area contributed by atoms with Crippen molar-refractivity contribution in [2.24, 2.45) is 0 Å². The monoisotopic (exact) mass is 491 g/mol. The van der Waals surface area contributed by atoms with Crippen LogP contribution in [0.5, 0.6) is 0 Å². The first kappa shape index (κ1) is 11.3. The minimum absolute atomic E-state index is 0.462. The van der Waals surface area contributed by atoms with Crippen molar-refractivity contribution in [2.45, 2.75) is 42.4 Å². The van der Waals surface area contributed by atoms with Crippen molar-refractivity contribution in [1.29, 1.82) is 0 Å². The molecule has 3 heteroatoms. The van der Waals surface area contributed by atoms with Crippen molar-refractivity contribution in [2.75, 3.05) is 0 Å². The zero-order valence-electron chi connectivity index (χ0n) is 6.91. The van der Waals surface area contributed by atoms with Gasteiger partial charge in [-0.3, -0.25) is 0 Å². The molecule has 1 aliphatic heterocycles. The normalized spacial score (nSPS) is 45.5. The Morgan fingerprint density at radius 1 is 1.64 bits per heavy atom. The number of halogens is 3. The fourth-order valence-electron chi connectivity index (χ4n) is 1.33. The van der Waals surface area contributed by atoms with Crippen LogP contribution in [0, 0.1) is 0 Å². The van der Waals surface area contributed by atoms with E-state index in [2.05, 4.69) is 59.0 Å². The van der Waals surface area contributed by atoms with Crippen molar-refractivity contribution in [1.82, 2.24) is 0 Å². The average molecular weight is 491 g/mol. The third-order valence-corrected chi connectivity index (χ3v) is 12.4. The zero-order chi connectivity index (χ0) is 8.48. The van der Waals surface area contributed by atoms with Gasteiger partial charge in [0.1, 0.15) is 0 Å². The Kier molecular flexibility index (Phi) is 4.72. The molecule has 0 radical (unpaired) electrons. The van der Waals surface area contributed by atoms with Crippen LogP contribution in [0.2, 0.25) is 0 Å². The van der Waals surface area contributed by atoms with E-state index in [1.807, 2.05) is 0 Å². The van der Waals surface area contributed by atoms with E-state index < -0.39 is 0 Å². The van der Waals surface area contributed by atoms with Crippen LogP contribution in [-0.4, -0.2) is 9.28 Å². The quantitative estimate of drug-likeness (QED) is 0.393. The van der Waals surface area contributed by atoms with Crippen molar-refractivity contribution < 1.29 is 21.2 Å². The summed E-state index contributed by atoms with van der Waals surface area (Å²) < 4.78 is 2.77. The van der Waals surface area contributed by atoms with Gasteiger partial charge in [0, 0.05) is 0 Å². The van der Waals surface area contributed by atoms with E-state index in [4.69, 9.17) is 0 Å². The van der Waals surface area contributed by atoms with Crippen molar-refractivity contribution in [3.05, 3.63) is 0 Å². The fraction of sp³-hybridized carbons (Fsp3) is 1.00. The summed E-state index contributed by atoms with van der Waals surface area (Å²) in [6.45, 7) is 4.77. The molecule has 0 aromatic heterocycles. The van der Waals surface area contributed by atoms with Gasteiger partial charge in [-0.1, -0.05) is 0 Å². The summed E-state index contributed by atoms with van der Waals surface area (Å²) in [4.78, 5) is 0. The van der Waals surface area contributed by atoms with Gasteiger partial charge in [0.05, 0.1) is 0 Å². The molecule has 0 nitrogen and oxygen atoms in total. The standard InChI is InChI=1S/C8H14I3/c1-3-4-6-5-7(9)8(2,10)11-6/h6-7H,3-5H2,1-2H3/q-1/t6?,7-,8?/m1/s1. The van der Waals surface area contributed by atoms with Gasteiger partial charge in [0.25, 0.3) is 0 Å². The number of hydrogen-bond donors (Lipinski definition) is 0. The summed E-state index contributed by atoms with van der Waals surface area (Å²) in [7, 11) is 0. The molecule has 0 N–H and O–H groups in total. The van der Waals surface area contributed by atoms with Gasteiger partial charge in [-0.15, -0.1) is 0 Å². The Hall–Kier alpha value is 2.19. The second-order valence-electron chi connectivity index (χ2n) is 3.15. The SMILES string of the molecule is CCCC1C[C@@H](I)C(C)(I)[I-]1. The van der Waals surface area contributed by atoms with E-state index in [9.17, 15) is 0 Å². The maximum absolute atomic E-state index is 2.69.